The maximum absolute atomic E-state index is 6.08. The summed E-state index contributed by atoms with van der Waals surface area (Å²) in [6, 6.07) is 8.35. The summed E-state index contributed by atoms with van der Waals surface area (Å²) in [7, 11) is 0. The largest absolute Gasteiger partial charge is 0.310 e. The van der Waals surface area contributed by atoms with Crippen molar-refractivity contribution in [3.8, 4) is 0 Å². The predicted molar refractivity (Wildman–Crippen MR) is 68.7 cm³/mol. The third-order valence-electron chi connectivity index (χ3n) is 2.45. The quantitative estimate of drug-likeness (QED) is 0.881. The highest BCUT2D eigenvalue weighted by molar-refractivity contribution is 6.31. The number of hydrogen-bond donors (Lipinski definition) is 1. The van der Waals surface area contributed by atoms with Crippen molar-refractivity contribution < 1.29 is 0 Å². The molecule has 0 amide bonds. The molecule has 0 spiro atoms. The molecule has 0 unspecified atom stereocenters. The highest BCUT2D eigenvalue weighted by atomic mass is 35.5. The molecule has 1 heterocycles. The summed E-state index contributed by atoms with van der Waals surface area (Å²) in [4.78, 5) is 4.40. The first-order chi connectivity index (χ1) is 7.66. The number of benzene rings is 1. The average Bonchev–Trinajstić information content (AvgIpc) is 2.25. The second-order valence-corrected chi connectivity index (χ2v) is 4.61. The Morgan fingerprint density at radius 1 is 1.38 bits per heavy atom. The average molecular weight is 235 g/mol. The molecule has 16 heavy (non-hydrogen) atoms. The number of hydrogen-bond acceptors (Lipinski definition) is 2. The summed E-state index contributed by atoms with van der Waals surface area (Å²) in [6.45, 7) is 5.05. The van der Waals surface area contributed by atoms with Crippen LogP contribution in [0.2, 0.25) is 5.02 Å². The van der Waals surface area contributed by atoms with Gasteiger partial charge in [-0.1, -0.05) is 31.5 Å². The van der Waals surface area contributed by atoms with E-state index in [0.29, 0.717) is 6.04 Å². The van der Waals surface area contributed by atoms with Crippen molar-refractivity contribution in [2.24, 2.45) is 0 Å². The zero-order chi connectivity index (χ0) is 11.5. The SMILES string of the molecule is CC(C)NCc1cc(Cl)cc2cccnc12. The van der Waals surface area contributed by atoms with Crippen molar-refractivity contribution in [3.63, 3.8) is 0 Å². The van der Waals surface area contributed by atoms with E-state index in [4.69, 9.17) is 11.6 Å². The number of halogens is 1. The molecule has 0 aliphatic rings. The number of pyridine rings is 1. The first kappa shape index (κ1) is 11.4. The third kappa shape index (κ3) is 2.52. The second-order valence-electron chi connectivity index (χ2n) is 4.18. The minimum absolute atomic E-state index is 0.456. The molecular weight excluding hydrogens is 220 g/mol. The van der Waals surface area contributed by atoms with E-state index in [0.717, 1.165) is 28.0 Å². The van der Waals surface area contributed by atoms with Gasteiger partial charge < -0.3 is 5.32 Å². The summed E-state index contributed by atoms with van der Waals surface area (Å²) in [5, 5.41) is 5.24. The van der Waals surface area contributed by atoms with Gasteiger partial charge >= 0.3 is 0 Å². The molecule has 1 N–H and O–H groups in total. The van der Waals surface area contributed by atoms with Crippen LogP contribution in [0.4, 0.5) is 0 Å². The fraction of sp³-hybridized carbons (Fsp3) is 0.308. The summed E-state index contributed by atoms with van der Waals surface area (Å²) < 4.78 is 0. The summed E-state index contributed by atoms with van der Waals surface area (Å²) >= 11 is 6.08. The lowest BCUT2D eigenvalue weighted by atomic mass is 10.1. The first-order valence-electron chi connectivity index (χ1n) is 5.43. The van der Waals surface area contributed by atoms with Gasteiger partial charge in [0.2, 0.25) is 0 Å². The normalized spacial score (nSPS) is 11.2. The zero-order valence-corrected chi connectivity index (χ0v) is 10.3. The van der Waals surface area contributed by atoms with Gasteiger partial charge in [-0.2, -0.15) is 0 Å². The Morgan fingerprint density at radius 3 is 2.94 bits per heavy atom. The second kappa shape index (κ2) is 4.81. The Bertz CT molecular complexity index is 494. The van der Waals surface area contributed by atoms with Crippen LogP contribution in [0.25, 0.3) is 10.9 Å². The molecule has 0 bridgehead atoms. The van der Waals surface area contributed by atoms with E-state index in [2.05, 4.69) is 24.1 Å². The monoisotopic (exact) mass is 234 g/mol. The molecule has 84 valence electrons. The van der Waals surface area contributed by atoms with Gasteiger partial charge in [-0.05, 0) is 23.8 Å². The van der Waals surface area contributed by atoms with Crippen molar-refractivity contribution in [1.82, 2.24) is 10.3 Å². The van der Waals surface area contributed by atoms with Crippen LogP contribution in [0.15, 0.2) is 30.5 Å². The van der Waals surface area contributed by atoms with Gasteiger partial charge in [-0.25, -0.2) is 0 Å². The molecule has 0 fully saturated rings. The standard InChI is InChI=1S/C13H15ClN2/c1-9(2)16-8-11-7-12(14)6-10-4-3-5-15-13(10)11/h3-7,9,16H,8H2,1-2H3. The van der Waals surface area contributed by atoms with Crippen molar-refractivity contribution >= 4 is 22.5 Å². The lowest BCUT2D eigenvalue weighted by Gasteiger charge is -2.10. The van der Waals surface area contributed by atoms with Crippen LogP contribution in [0.3, 0.4) is 0 Å². The number of rotatable bonds is 3. The number of nitrogens with zero attached hydrogens (tertiary/aromatic N) is 1. The fourth-order valence-corrected chi connectivity index (χ4v) is 1.93. The van der Waals surface area contributed by atoms with E-state index in [1.807, 2.05) is 30.5 Å². The van der Waals surface area contributed by atoms with Crippen molar-refractivity contribution in [2.75, 3.05) is 0 Å². The van der Waals surface area contributed by atoms with Crippen LogP contribution in [0.1, 0.15) is 19.4 Å². The summed E-state index contributed by atoms with van der Waals surface area (Å²) in [5.41, 5.74) is 2.18. The predicted octanol–water partition coefficient (Wildman–Crippen LogP) is 3.39. The number of aromatic nitrogens is 1. The Labute approximate surface area is 101 Å². The maximum Gasteiger partial charge on any atom is 0.0747 e. The number of nitrogens with one attached hydrogen (secondary N) is 1. The topological polar surface area (TPSA) is 24.9 Å². The third-order valence-corrected chi connectivity index (χ3v) is 2.67. The fourth-order valence-electron chi connectivity index (χ4n) is 1.68. The van der Waals surface area contributed by atoms with Crippen LogP contribution in [-0.2, 0) is 6.54 Å². The Balaban J connectivity index is 2.42. The van der Waals surface area contributed by atoms with Crippen LogP contribution >= 0.6 is 11.6 Å². The highest BCUT2D eigenvalue weighted by Crippen LogP contribution is 2.22. The van der Waals surface area contributed by atoms with Gasteiger partial charge in [0.05, 0.1) is 5.52 Å². The highest BCUT2D eigenvalue weighted by Gasteiger charge is 2.04. The molecule has 0 saturated carbocycles. The smallest absolute Gasteiger partial charge is 0.0747 e. The summed E-state index contributed by atoms with van der Waals surface area (Å²) in [5.74, 6) is 0. The van der Waals surface area contributed by atoms with E-state index in [-0.39, 0.29) is 0 Å². The molecule has 0 saturated heterocycles. The van der Waals surface area contributed by atoms with Crippen LogP contribution < -0.4 is 5.32 Å². The molecule has 2 nitrogen and oxygen atoms in total. The Morgan fingerprint density at radius 2 is 2.19 bits per heavy atom. The Kier molecular flexibility index (Phi) is 3.42. The molecule has 1 aromatic carbocycles. The van der Waals surface area contributed by atoms with E-state index in [1.165, 1.54) is 0 Å². The number of fused-ring (bicyclic) bond motifs is 1. The van der Waals surface area contributed by atoms with Gasteiger partial charge in [-0.3, -0.25) is 4.98 Å². The zero-order valence-electron chi connectivity index (χ0n) is 9.50. The van der Waals surface area contributed by atoms with E-state index >= 15 is 0 Å². The van der Waals surface area contributed by atoms with Gasteiger partial charge in [0, 0.05) is 29.2 Å². The van der Waals surface area contributed by atoms with Gasteiger partial charge in [-0.15, -0.1) is 0 Å². The van der Waals surface area contributed by atoms with Gasteiger partial charge in [0.25, 0.3) is 0 Å². The van der Waals surface area contributed by atoms with Gasteiger partial charge in [0.1, 0.15) is 0 Å². The van der Waals surface area contributed by atoms with Crippen LogP contribution in [0.5, 0.6) is 0 Å². The minimum Gasteiger partial charge on any atom is -0.310 e. The van der Waals surface area contributed by atoms with Crippen molar-refractivity contribution in [1.29, 1.82) is 0 Å². The lowest BCUT2D eigenvalue weighted by Crippen LogP contribution is -2.22. The van der Waals surface area contributed by atoms with E-state index in [1.54, 1.807) is 0 Å². The lowest BCUT2D eigenvalue weighted by molar-refractivity contribution is 0.590. The molecule has 0 atom stereocenters. The molecule has 2 aromatic rings. The Hall–Kier alpha value is -1.12. The van der Waals surface area contributed by atoms with Crippen molar-refractivity contribution in [3.05, 3.63) is 41.0 Å². The molecule has 2 rings (SSSR count). The first-order valence-corrected chi connectivity index (χ1v) is 5.81. The van der Waals surface area contributed by atoms with Crippen LogP contribution in [-0.4, -0.2) is 11.0 Å². The molecule has 0 radical (unpaired) electrons. The molecular formula is C13H15ClN2. The maximum atomic E-state index is 6.08. The molecule has 0 aliphatic heterocycles. The molecule has 0 aliphatic carbocycles. The minimum atomic E-state index is 0.456. The van der Waals surface area contributed by atoms with Crippen molar-refractivity contribution in [2.45, 2.75) is 26.4 Å². The van der Waals surface area contributed by atoms with E-state index < -0.39 is 0 Å². The van der Waals surface area contributed by atoms with Crippen LogP contribution in [0, 0.1) is 0 Å². The van der Waals surface area contributed by atoms with Gasteiger partial charge in [0.15, 0.2) is 0 Å². The molecule has 3 heteroatoms. The summed E-state index contributed by atoms with van der Waals surface area (Å²) in [6.07, 6.45) is 1.81. The molecule has 1 aromatic heterocycles. The van der Waals surface area contributed by atoms with E-state index in [9.17, 15) is 0 Å².